The van der Waals surface area contributed by atoms with Gasteiger partial charge in [-0.15, -0.1) is 0 Å². The summed E-state index contributed by atoms with van der Waals surface area (Å²) in [6, 6.07) is 0. The van der Waals surface area contributed by atoms with Crippen LogP contribution in [0.2, 0.25) is 0 Å². The Labute approximate surface area is 59.6 Å². The van der Waals surface area contributed by atoms with Crippen molar-refractivity contribution in [3.8, 4) is 0 Å². The van der Waals surface area contributed by atoms with Crippen molar-refractivity contribution < 1.29 is 13.2 Å². The van der Waals surface area contributed by atoms with Crippen LogP contribution >= 0.6 is 0 Å². The number of nitrogens with one attached hydrogen (secondary N) is 1. The van der Waals surface area contributed by atoms with Crippen molar-refractivity contribution in [3.05, 3.63) is 0 Å². The first kappa shape index (κ1) is 12.4. The molecule has 0 unspecified atom stereocenters. The molecule has 0 saturated carbocycles. The zero-order chi connectivity index (χ0) is 8.62. The Hall–Kier alpha value is -0.250. The van der Waals surface area contributed by atoms with Gasteiger partial charge in [-0.3, -0.25) is 0 Å². The Morgan fingerprint density at radius 2 is 1.60 bits per heavy atom. The third kappa shape index (κ3) is 15.7. The summed E-state index contributed by atoms with van der Waals surface area (Å²) in [7, 11) is 0. The van der Waals surface area contributed by atoms with E-state index in [1.54, 1.807) is 6.92 Å². The number of hydrogen-bond donors (Lipinski definition) is 1. The second-order valence-corrected chi connectivity index (χ2v) is 1.40. The zero-order valence-corrected chi connectivity index (χ0v) is 6.55. The van der Waals surface area contributed by atoms with Crippen LogP contribution in [-0.4, -0.2) is 19.3 Å². The number of alkyl halides is 3. The monoisotopic (exact) mass is 157 g/mol. The molecule has 0 atom stereocenters. The molecule has 1 N–H and O–H groups in total. The first-order valence-electron chi connectivity index (χ1n) is 3.33. The summed E-state index contributed by atoms with van der Waals surface area (Å²) < 4.78 is 33.5. The Bertz CT molecular complexity index is 60.5. The smallest absolute Gasteiger partial charge is 0.309 e. The van der Waals surface area contributed by atoms with Crippen LogP contribution in [0, 0.1) is 0 Å². The Kier molecular flexibility index (Phi) is 8.53. The van der Waals surface area contributed by atoms with E-state index < -0.39 is 12.7 Å². The van der Waals surface area contributed by atoms with Crippen LogP contribution in [0.1, 0.15) is 20.8 Å². The minimum absolute atomic E-state index is 0.361. The molecule has 0 amide bonds. The molecule has 64 valence electrons. The van der Waals surface area contributed by atoms with E-state index >= 15 is 0 Å². The maximum Gasteiger partial charge on any atom is 0.401 e. The summed E-state index contributed by atoms with van der Waals surface area (Å²) in [4.78, 5) is 0. The Balaban J connectivity index is 0. The highest BCUT2D eigenvalue weighted by molar-refractivity contribution is 4.51. The van der Waals surface area contributed by atoms with E-state index in [2.05, 4.69) is 5.32 Å². The van der Waals surface area contributed by atoms with E-state index in [0.29, 0.717) is 6.54 Å². The van der Waals surface area contributed by atoms with Gasteiger partial charge in [0.15, 0.2) is 0 Å². The van der Waals surface area contributed by atoms with E-state index in [1.165, 1.54) is 0 Å². The predicted octanol–water partition coefficient (Wildman–Crippen LogP) is 2.18. The minimum Gasteiger partial charge on any atom is -0.309 e. The van der Waals surface area contributed by atoms with E-state index in [1.807, 2.05) is 13.8 Å². The lowest BCUT2D eigenvalue weighted by Gasteiger charge is -2.04. The molecule has 0 rings (SSSR count). The highest BCUT2D eigenvalue weighted by atomic mass is 19.4. The fraction of sp³-hybridized carbons (Fsp3) is 1.00. The summed E-state index contributed by atoms with van der Waals surface area (Å²) >= 11 is 0. The van der Waals surface area contributed by atoms with Crippen molar-refractivity contribution in [2.75, 3.05) is 13.1 Å². The quantitative estimate of drug-likeness (QED) is 0.647. The molecular formula is C6H14F3N. The molecule has 0 heterocycles. The first-order valence-corrected chi connectivity index (χ1v) is 3.33. The molecule has 0 saturated heterocycles. The number of halogens is 3. The average Bonchev–Trinajstić information content (AvgIpc) is 1.87. The molecule has 0 fully saturated rings. The normalized spacial score (nSPS) is 10.2. The van der Waals surface area contributed by atoms with Gasteiger partial charge < -0.3 is 5.32 Å². The molecule has 1 nitrogen and oxygen atoms in total. The third-order valence-corrected chi connectivity index (χ3v) is 0.575. The van der Waals surface area contributed by atoms with Crippen molar-refractivity contribution in [3.63, 3.8) is 0 Å². The van der Waals surface area contributed by atoms with Crippen molar-refractivity contribution in [1.82, 2.24) is 5.32 Å². The zero-order valence-electron chi connectivity index (χ0n) is 6.55. The van der Waals surface area contributed by atoms with Crippen molar-refractivity contribution >= 4 is 0 Å². The fourth-order valence-corrected chi connectivity index (χ4v) is 0.267. The molecule has 0 aliphatic heterocycles. The van der Waals surface area contributed by atoms with E-state index in [9.17, 15) is 13.2 Å². The van der Waals surface area contributed by atoms with E-state index in [0.717, 1.165) is 0 Å². The van der Waals surface area contributed by atoms with Crippen LogP contribution in [0.4, 0.5) is 13.2 Å². The summed E-state index contributed by atoms with van der Waals surface area (Å²) in [5.41, 5.74) is 0. The SMILES string of the molecule is CC.CCNCC(F)(F)F. The van der Waals surface area contributed by atoms with Gasteiger partial charge in [0.2, 0.25) is 0 Å². The average molecular weight is 157 g/mol. The number of rotatable bonds is 2. The van der Waals surface area contributed by atoms with E-state index in [-0.39, 0.29) is 0 Å². The Morgan fingerprint density at radius 1 is 1.20 bits per heavy atom. The van der Waals surface area contributed by atoms with Crippen LogP contribution in [-0.2, 0) is 0 Å². The van der Waals surface area contributed by atoms with Gasteiger partial charge in [-0.1, -0.05) is 20.8 Å². The van der Waals surface area contributed by atoms with Gasteiger partial charge in [-0.25, -0.2) is 0 Å². The molecule has 0 aromatic heterocycles. The molecule has 0 aromatic rings. The van der Waals surface area contributed by atoms with Crippen molar-refractivity contribution in [2.24, 2.45) is 0 Å². The molecule has 0 aromatic carbocycles. The van der Waals surface area contributed by atoms with Crippen LogP contribution in [0.3, 0.4) is 0 Å². The lowest BCUT2D eigenvalue weighted by Crippen LogP contribution is -2.28. The first-order chi connectivity index (χ1) is 4.56. The maximum absolute atomic E-state index is 11.2. The molecule has 0 radical (unpaired) electrons. The summed E-state index contributed by atoms with van der Waals surface area (Å²) in [6.07, 6.45) is -4.06. The van der Waals surface area contributed by atoms with Gasteiger partial charge in [0, 0.05) is 0 Å². The standard InChI is InChI=1S/C4H8F3N.C2H6/c1-2-8-3-4(5,6)7;1-2/h8H,2-3H2,1H3;1-2H3. The number of hydrogen-bond acceptors (Lipinski definition) is 1. The highest BCUT2D eigenvalue weighted by Gasteiger charge is 2.25. The van der Waals surface area contributed by atoms with Gasteiger partial charge in [-0.2, -0.15) is 13.2 Å². The van der Waals surface area contributed by atoms with Gasteiger partial charge in [0.25, 0.3) is 0 Å². The molecule has 0 bridgehead atoms. The predicted molar refractivity (Wildman–Crippen MR) is 35.9 cm³/mol. The minimum atomic E-state index is -4.06. The van der Waals surface area contributed by atoms with Crippen LogP contribution in [0.15, 0.2) is 0 Å². The topological polar surface area (TPSA) is 12.0 Å². The van der Waals surface area contributed by atoms with Gasteiger partial charge in [0.05, 0.1) is 6.54 Å². The van der Waals surface area contributed by atoms with Crippen LogP contribution in [0.5, 0.6) is 0 Å². The third-order valence-electron chi connectivity index (χ3n) is 0.575. The van der Waals surface area contributed by atoms with Gasteiger partial charge in [-0.05, 0) is 6.54 Å². The van der Waals surface area contributed by atoms with Crippen molar-refractivity contribution in [2.45, 2.75) is 26.9 Å². The highest BCUT2D eigenvalue weighted by Crippen LogP contribution is 2.11. The molecule has 0 spiro atoms. The van der Waals surface area contributed by atoms with Crippen molar-refractivity contribution in [1.29, 1.82) is 0 Å². The van der Waals surface area contributed by atoms with Crippen LogP contribution < -0.4 is 5.32 Å². The second kappa shape index (κ2) is 6.86. The van der Waals surface area contributed by atoms with Gasteiger partial charge >= 0.3 is 6.18 Å². The lowest BCUT2D eigenvalue weighted by molar-refractivity contribution is -0.124. The summed E-state index contributed by atoms with van der Waals surface area (Å²) in [5.74, 6) is 0. The lowest BCUT2D eigenvalue weighted by atomic mass is 10.6. The summed E-state index contributed by atoms with van der Waals surface area (Å²) in [6.45, 7) is 5.11. The van der Waals surface area contributed by atoms with Crippen LogP contribution in [0.25, 0.3) is 0 Å². The van der Waals surface area contributed by atoms with E-state index in [4.69, 9.17) is 0 Å². The molecule has 4 heteroatoms. The molecule has 0 aliphatic rings. The molecule has 0 aliphatic carbocycles. The summed E-state index contributed by atoms with van der Waals surface area (Å²) in [5, 5.41) is 2.16. The van der Waals surface area contributed by atoms with Gasteiger partial charge in [0.1, 0.15) is 0 Å². The molecule has 10 heavy (non-hydrogen) atoms. The second-order valence-electron chi connectivity index (χ2n) is 1.40. The fourth-order valence-electron chi connectivity index (χ4n) is 0.267. The Morgan fingerprint density at radius 3 is 1.70 bits per heavy atom. The largest absolute Gasteiger partial charge is 0.401 e. The molecular weight excluding hydrogens is 143 g/mol. The maximum atomic E-state index is 11.2.